The van der Waals surface area contributed by atoms with E-state index in [4.69, 9.17) is 21.7 Å². The molecule has 0 spiro atoms. The summed E-state index contributed by atoms with van der Waals surface area (Å²) in [6.45, 7) is 5.30. The van der Waals surface area contributed by atoms with Crippen LogP contribution < -0.4 is 14.8 Å². The summed E-state index contributed by atoms with van der Waals surface area (Å²) in [6, 6.07) is 10.3. The van der Waals surface area contributed by atoms with Crippen molar-refractivity contribution in [1.29, 1.82) is 0 Å². The minimum atomic E-state index is -0.414. The molecule has 30 heavy (non-hydrogen) atoms. The van der Waals surface area contributed by atoms with Crippen LogP contribution in [0.25, 0.3) is 6.08 Å². The fourth-order valence-corrected chi connectivity index (χ4v) is 3.71. The number of benzene rings is 2. The molecule has 1 saturated heterocycles. The lowest BCUT2D eigenvalue weighted by atomic mass is 10.1. The number of hydrogen-bond donors (Lipinski definition) is 1. The summed E-state index contributed by atoms with van der Waals surface area (Å²) >= 11 is 8.62. The van der Waals surface area contributed by atoms with Crippen LogP contribution in [0.5, 0.6) is 11.5 Å². The van der Waals surface area contributed by atoms with Crippen LogP contribution >= 0.6 is 28.1 Å². The molecule has 0 radical (unpaired) electrons. The zero-order chi connectivity index (χ0) is 21.7. The number of halogens is 2. The lowest BCUT2D eigenvalue weighted by molar-refractivity contribution is -0.122. The van der Waals surface area contributed by atoms with Gasteiger partial charge in [0.15, 0.2) is 16.6 Å². The van der Waals surface area contributed by atoms with E-state index in [0.29, 0.717) is 48.4 Å². The van der Waals surface area contributed by atoms with Crippen LogP contribution in [-0.4, -0.2) is 35.7 Å². The Morgan fingerprint density at radius 1 is 1.13 bits per heavy atom. The van der Waals surface area contributed by atoms with E-state index in [0.717, 1.165) is 10.0 Å². The van der Waals surface area contributed by atoms with Crippen molar-refractivity contribution in [3.8, 4) is 11.5 Å². The molecule has 0 saturated carbocycles. The zero-order valence-electron chi connectivity index (χ0n) is 16.7. The molecule has 1 aliphatic rings. The third-order valence-electron chi connectivity index (χ3n) is 4.45. The summed E-state index contributed by atoms with van der Waals surface area (Å²) in [5, 5.41) is 3.19. The molecule has 2 aromatic carbocycles. The minimum absolute atomic E-state index is 0.249. The molecule has 0 atom stereocenters. The number of nitrogens with one attached hydrogen (secondary N) is 1. The van der Waals surface area contributed by atoms with Gasteiger partial charge in [-0.3, -0.25) is 9.69 Å². The summed E-state index contributed by atoms with van der Waals surface area (Å²) in [7, 11) is 0. The van der Waals surface area contributed by atoms with Crippen LogP contribution in [0.2, 0.25) is 0 Å². The predicted molar refractivity (Wildman–Crippen MR) is 122 cm³/mol. The van der Waals surface area contributed by atoms with Crippen LogP contribution in [0, 0.1) is 5.82 Å². The second kappa shape index (κ2) is 10.0. The fraction of sp³-hybridized carbons (Fsp3) is 0.273. The number of amides is 1. The van der Waals surface area contributed by atoms with E-state index in [1.165, 1.54) is 17.0 Å². The van der Waals surface area contributed by atoms with Crippen molar-refractivity contribution in [2.45, 2.75) is 20.3 Å². The number of thiocarbonyl (C=S) groups is 1. The maximum Gasteiger partial charge on any atom is 0.276 e. The van der Waals surface area contributed by atoms with E-state index in [-0.39, 0.29) is 11.6 Å². The van der Waals surface area contributed by atoms with Crippen molar-refractivity contribution in [3.05, 3.63) is 63.5 Å². The third-order valence-corrected chi connectivity index (χ3v) is 5.27. The Bertz CT molecular complexity index is 996. The Morgan fingerprint density at radius 2 is 1.87 bits per heavy atom. The molecule has 1 amide bonds. The van der Waals surface area contributed by atoms with Crippen LogP contribution in [0.15, 0.2) is 46.6 Å². The van der Waals surface area contributed by atoms with Crippen LogP contribution in [-0.2, 0) is 11.2 Å². The van der Waals surface area contributed by atoms with Gasteiger partial charge in [-0.05, 0) is 74.5 Å². The van der Waals surface area contributed by atoms with Crippen LogP contribution in [0.3, 0.4) is 0 Å². The first-order valence-electron chi connectivity index (χ1n) is 9.61. The second-order valence-electron chi connectivity index (χ2n) is 6.51. The Morgan fingerprint density at radius 3 is 2.60 bits per heavy atom. The average molecular weight is 493 g/mol. The van der Waals surface area contributed by atoms with Gasteiger partial charge in [-0.15, -0.1) is 0 Å². The van der Waals surface area contributed by atoms with Crippen molar-refractivity contribution in [3.63, 3.8) is 0 Å². The van der Waals surface area contributed by atoms with Crippen molar-refractivity contribution < 1.29 is 18.7 Å². The maximum absolute atomic E-state index is 14.0. The second-order valence-corrected chi connectivity index (χ2v) is 7.81. The molecule has 1 N–H and O–H groups in total. The summed E-state index contributed by atoms with van der Waals surface area (Å²) in [4.78, 5) is 14.3. The van der Waals surface area contributed by atoms with Gasteiger partial charge in [0.25, 0.3) is 5.91 Å². The molecular formula is C22H22BrFN2O3S. The molecule has 5 nitrogen and oxygen atoms in total. The molecule has 0 bridgehead atoms. The number of ether oxygens (including phenoxy) is 2. The molecule has 1 fully saturated rings. The summed E-state index contributed by atoms with van der Waals surface area (Å²) in [5.41, 5.74) is 1.55. The molecule has 158 valence electrons. The summed E-state index contributed by atoms with van der Waals surface area (Å²) in [6.07, 6.45) is 2.05. The van der Waals surface area contributed by atoms with Gasteiger partial charge in [-0.25, -0.2) is 4.39 Å². The van der Waals surface area contributed by atoms with Crippen molar-refractivity contribution in [1.82, 2.24) is 10.2 Å². The largest absolute Gasteiger partial charge is 0.490 e. The van der Waals surface area contributed by atoms with Crippen LogP contribution in [0.4, 0.5) is 4.39 Å². The maximum atomic E-state index is 14.0. The number of hydrogen-bond acceptors (Lipinski definition) is 4. The molecule has 3 rings (SSSR count). The van der Waals surface area contributed by atoms with Crippen molar-refractivity contribution >= 4 is 45.2 Å². The average Bonchev–Trinajstić information content (AvgIpc) is 2.98. The Hall–Kier alpha value is -2.45. The van der Waals surface area contributed by atoms with Gasteiger partial charge in [0.2, 0.25) is 0 Å². The van der Waals surface area contributed by atoms with Gasteiger partial charge in [0.1, 0.15) is 11.5 Å². The zero-order valence-corrected chi connectivity index (χ0v) is 19.1. The molecule has 0 aromatic heterocycles. The topological polar surface area (TPSA) is 50.8 Å². The fourth-order valence-electron chi connectivity index (χ4n) is 3.05. The SMILES string of the molecule is CCOc1ccc(CCN2C(=O)/C(=C\c3cc(Br)ccc3F)NC2=S)cc1OCC. The Labute approximate surface area is 189 Å². The molecule has 2 aromatic rings. The van der Waals surface area contributed by atoms with E-state index in [9.17, 15) is 9.18 Å². The normalized spacial score (nSPS) is 14.9. The van der Waals surface area contributed by atoms with Gasteiger partial charge in [-0.2, -0.15) is 0 Å². The number of rotatable bonds is 8. The highest BCUT2D eigenvalue weighted by molar-refractivity contribution is 9.10. The van der Waals surface area contributed by atoms with Gasteiger partial charge < -0.3 is 14.8 Å². The highest BCUT2D eigenvalue weighted by atomic mass is 79.9. The van der Waals surface area contributed by atoms with Crippen LogP contribution in [0.1, 0.15) is 25.0 Å². The predicted octanol–water partition coefficient (Wildman–Crippen LogP) is 4.69. The van der Waals surface area contributed by atoms with Gasteiger partial charge in [0.05, 0.1) is 13.2 Å². The van der Waals surface area contributed by atoms with E-state index < -0.39 is 5.82 Å². The van der Waals surface area contributed by atoms with Crippen molar-refractivity contribution in [2.75, 3.05) is 19.8 Å². The van der Waals surface area contributed by atoms with E-state index >= 15 is 0 Å². The molecule has 1 heterocycles. The van der Waals surface area contributed by atoms with Gasteiger partial charge in [0, 0.05) is 16.6 Å². The highest BCUT2D eigenvalue weighted by Gasteiger charge is 2.30. The van der Waals surface area contributed by atoms with Crippen molar-refractivity contribution in [2.24, 2.45) is 0 Å². The smallest absolute Gasteiger partial charge is 0.276 e. The standard InChI is InChI=1S/C22H22BrFN2O3S/c1-3-28-19-8-5-14(11-20(19)29-4-2)9-10-26-21(27)18(25-22(26)30)13-15-12-16(23)6-7-17(15)24/h5-8,11-13H,3-4,9-10H2,1-2H3,(H,25,30)/b18-13+. The molecule has 8 heteroatoms. The van der Waals surface area contributed by atoms with E-state index in [2.05, 4.69) is 21.2 Å². The Kier molecular flexibility index (Phi) is 7.44. The number of carbonyl (C=O) groups excluding carboxylic acids is 1. The molecule has 0 aliphatic carbocycles. The van der Waals surface area contributed by atoms with Gasteiger partial charge >= 0.3 is 0 Å². The number of nitrogens with zero attached hydrogens (tertiary/aromatic N) is 1. The quantitative estimate of drug-likeness (QED) is 0.428. The lowest BCUT2D eigenvalue weighted by Gasteiger charge is -2.15. The third kappa shape index (κ3) is 5.17. The Balaban J connectivity index is 1.72. The first kappa shape index (κ1) is 22.2. The summed E-state index contributed by atoms with van der Waals surface area (Å²) in [5.74, 6) is 0.674. The summed E-state index contributed by atoms with van der Waals surface area (Å²) < 4.78 is 26.0. The monoisotopic (exact) mass is 492 g/mol. The first-order chi connectivity index (χ1) is 14.4. The van der Waals surface area contributed by atoms with E-state index in [1.54, 1.807) is 12.1 Å². The number of carbonyl (C=O) groups is 1. The van der Waals surface area contributed by atoms with E-state index in [1.807, 2.05) is 32.0 Å². The molecule has 0 unspecified atom stereocenters. The highest BCUT2D eigenvalue weighted by Crippen LogP contribution is 2.29. The minimum Gasteiger partial charge on any atom is -0.490 e. The molecular weight excluding hydrogens is 471 g/mol. The molecule has 1 aliphatic heterocycles. The van der Waals surface area contributed by atoms with Gasteiger partial charge in [-0.1, -0.05) is 22.0 Å². The first-order valence-corrected chi connectivity index (χ1v) is 10.8. The lowest BCUT2D eigenvalue weighted by Crippen LogP contribution is -2.32.